The summed E-state index contributed by atoms with van der Waals surface area (Å²) in [5, 5.41) is 4.56. The second-order valence-electron chi connectivity index (χ2n) is 7.88. The van der Waals surface area contributed by atoms with Crippen LogP contribution in [-0.4, -0.2) is 29.2 Å². The Morgan fingerprint density at radius 3 is 2.62 bits per heavy atom. The molecule has 1 N–H and O–H groups in total. The van der Waals surface area contributed by atoms with Crippen LogP contribution < -0.4 is 5.32 Å². The maximum absolute atomic E-state index is 12.1. The summed E-state index contributed by atoms with van der Waals surface area (Å²) in [5.41, 5.74) is 6.32. The highest BCUT2D eigenvalue weighted by molar-refractivity contribution is 7.90. The van der Waals surface area contributed by atoms with Crippen molar-refractivity contribution in [2.75, 3.05) is 11.6 Å². The molecule has 0 saturated carbocycles. The fourth-order valence-corrected chi connectivity index (χ4v) is 4.98. The molecule has 160 valence electrons. The number of rotatable bonds is 5. The lowest BCUT2D eigenvalue weighted by molar-refractivity contribution is 0.601. The van der Waals surface area contributed by atoms with Crippen LogP contribution in [0.4, 0.5) is 5.69 Å². The zero-order valence-electron chi connectivity index (χ0n) is 17.8. The van der Waals surface area contributed by atoms with Gasteiger partial charge in [-0.15, -0.1) is 0 Å². The van der Waals surface area contributed by atoms with E-state index in [4.69, 9.17) is 0 Å². The fourth-order valence-electron chi connectivity index (χ4n) is 4.04. The second kappa shape index (κ2) is 7.76. The van der Waals surface area contributed by atoms with Gasteiger partial charge in [0.1, 0.15) is 0 Å². The largest absolute Gasteiger partial charge is 0.381 e. The van der Waals surface area contributed by atoms with Crippen molar-refractivity contribution in [2.45, 2.75) is 11.4 Å². The van der Waals surface area contributed by atoms with Gasteiger partial charge in [-0.1, -0.05) is 30.3 Å². The fraction of sp³-hybridized carbons (Fsp3) is 0.120. The highest BCUT2D eigenvalue weighted by atomic mass is 32.2. The molecular weight excluding hydrogens is 420 g/mol. The molecule has 0 aliphatic rings. The van der Waals surface area contributed by atoms with Crippen LogP contribution in [0, 0.1) is 0 Å². The van der Waals surface area contributed by atoms with E-state index in [1.165, 1.54) is 11.6 Å². The van der Waals surface area contributed by atoms with Gasteiger partial charge in [-0.05, 0) is 46.8 Å². The molecular formula is C25H22N4O2S. The molecule has 32 heavy (non-hydrogen) atoms. The maximum Gasteiger partial charge on any atom is 0.175 e. The molecule has 7 heteroatoms. The first-order valence-electron chi connectivity index (χ1n) is 10.2. The van der Waals surface area contributed by atoms with Crippen LogP contribution in [0.15, 0.2) is 84.1 Å². The van der Waals surface area contributed by atoms with Crippen molar-refractivity contribution in [1.82, 2.24) is 14.5 Å². The Kier molecular flexibility index (Phi) is 4.90. The van der Waals surface area contributed by atoms with Crippen molar-refractivity contribution in [3.63, 3.8) is 0 Å². The molecule has 0 radical (unpaired) electrons. The number of hydrogen-bond acceptors (Lipinski definition) is 5. The first-order chi connectivity index (χ1) is 15.4. The molecule has 3 aromatic carbocycles. The van der Waals surface area contributed by atoms with Gasteiger partial charge in [-0.3, -0.25) is 9.97 Å². The van der Waals surface area contributed by atoms with Crippen molar-refractivity contribution >= 4 is 37.5 Å². The summed E-state index contributed by atoms with van der Waals surface area (Å²) in [7, 11) is -1.28. The minimum absolute atomic E-state index is 0.336. The van der Waals surface area contributed by atoms with Gasteiger partial charge in [0, 0.05) is 55.2 Å². The van der Waals surface area contributed by atoms with Crippen LogP contribution in [0.3, 0.4) is 0 Å². The van der Waals surface area contributed by atoms with Crippen LogP contribution in [0.2, 0.25) is 0 Å². The van der Waals surface area contributed by atoms with Crippen molar-refractivity contribution in [2.24, 2.45) is 7.05 Å². The first kappa shape index (κ1) is 20.2. The summed E-state index contributed by atoms with van der Waals surface area (Å²) < 4.78 is 26.4. The Balaban J connectivity index is 1.58. The van der Waals surface area contributed by atoms with Crippen LogP contribution in [0.5, 0.6) is 0 Å². The molecule has 0 spiro atoms. The van der Waals surface area contributed by atoms with Gasteiger partial charge in [-0.25, -0.2) is 8.42 Å². The lowest BCUT2D eigenvalue weighted by Gasteiger charge is -2.13. The monoisotopic (exact) mass is 442 g/mol. The molecule has 0 aliphatic carbocycles. The molecule has 5 rings (SSSR count). The van der Waals surface area contributed by atoms with Gasteiger partial charge in [0.25, 0.3) is 0 Å². The molecule has 2 aromatic heterocycles. The van der Waals surface area contributed by atoms with Gasteiger partial charge in [0.05, 0.1) is 15.9 Å². The number of anilines is 1. The number of fused-ring (bicyclic) bond motifs is 2. The second-order valence-corrected chi connectivity index (χ2v) is 9.87. The zero-order valence-corrected chi connectivity index (χ0v) is 18.6. The summed E-state index contributed by atoms with van der Waals surface area (Å²) in [5.74, 6) is 0. The summed E-state index contributed by atoms with van der Waals surface area (Å²) in [6, 6.07) is 19.5. The van der Waals surface area contributed by atoms with Crippen LogP contribution >= 0.6 is 0 Å². The van der Waals surface area contributed by atoms with Gasteiger partial charge >= 0.3 is 0 Å². The van der Waals surface area contributed by atoms with E-state index in [9.17, 15) is 8.42 Å². The van der Waals surface area contributed by atoms with E-state index in [0.717, 1.165) is 38.9 Å². The van der Waals surface area contributed by atoms with Crippen molar-refractivity contribution in [3.05, 3.63) is 84.8 Å². The van der Waals surface area contributed by atoms with Gasteiger partial charge in [0.2, 0.25) is 0 Å². The Morgan fingerprint density at radius 1 is 0.969 bits per heavy atom. The van der Waals surface area contributed by atoms with Crippen molar-refractivity contribution < 1.29 is 8.42 Å². The molecule has 0 amide bonds. The normalized spacial score (nSPS) is 11.8. The minimum Gasteiger partial charge on any atom is -0.381 e. The van der Waals surface area contributed by atoms with E-state index in [1.54, 1.807) is 24.5 Å². The summed E-state index contributed by atoms with van der Waals surface area (Å²) in [6.07, 6.45) is 6.65. The minimum atomic E-state index is -3.31. The van der Waals surface area contributed by atoms with E-state index < -0.39 is 9.84 Å². The Morgan fingerprint density at radius 2 is 1.78 bits per heavy atom. The van der Waals surface area contributed by atoms with E-state index >= 15 is 0 Å². The van der Waals surface area contributed by atoms with E-state index in [0.29, 0.717) is 11.4 Å². The van der Waals surface area contributed by atoms with Crippen LogP contribution in [0.1, 0.15) is 5.56 Å². The highest BCUT2D eigenvalue weighted by Gasteiger charge is 2.14. The Bertz CT molecular complexity index is 1570. The standard InChI is InChI=1S/C25H22N4O2S/c1-29-12-9-17-7-8-18(13-23(17)29)21-14-20(15-22-25(21)27-11-10-26-22)28-16-19-5-3-4-6-24(19)32(2,30)31/h3-15,28H,16H2,1-2H3. The SMILES string of the molecule is Cn1ccc2ccc(-c3cc(NCc4ccccc4S(C)(=O)=O)cc4nccnc34)cc21. The predicted molar refractivity (Wildman–Crippen MR) is 128 cm³/mol. The Labute approximate surface area is 186 Å². The predicted octanol–water partition coefficient (Wildman–Crippen LogP) is 4.80. The topological polar surface area (TPSA) is 76.9 Å². The smallest absolute Gasteiger partial charge is 0.175 e. The molecule has 0 unspecified atom stereocenters. The number of aromatic nitrogens is 3. The number of sulfone groups is 1. The third-order valence-corrected chi connectivity index (χ3v) is 6.83. The first-order valence-corrected chi connectivity index (χ1v) is 12.1. The molecule has 0 aliphatic heterocycles. The van der Waals surface area contributed by atoms with Gasteiger partial charge in [-0.2, -0.15) is 0 Å². The maximum atomic E-state index is 12.1. The van der Waals surface area contributed by atoms with E-state index in [1.807, 2.05) is 37.5 Å². The highest BCUT2D eigenvalue weighted by Crippen LogP contribution is 2.32. The van der Waals surface area contributed by atoms with Gasteiger partial charge < -0.3 is 9.88 Å². The average Bonchev–Trinajstić information content (AvgIpc) is 3.17. The Hall–Kier alpha value is -3.71. The lowest BCUT2D eigenvalue weighted by Crippen LogP contribution is -2.07. The molecule has 0 bridgehead atoms. The molecule has 0 fully saturated rings. The number of nitrogens with zero attached hydrogens (tertiary/aromatic N) is 3. The van der Waals surface area contributed by atoms with Gasteiger partial charge in [0.15, 0.2) is 9.84 Å². The molecule has 0 atom stereocenters. The molecule has 5 aromatic rings. The van der Waals surface area contributed by atoms with Crippen molar-refractivity contribution in [1.29, 1.82) is 0 Å². The van der Waals surface area contributed by atoms with Crippen LogP contribution in [-0.2, 0) is 23.4 Å². The third kappa shape index (κ3) is 3.71. The molecule has 6 nitrogen and oxygen atoms in total. The molecule has 0 saturated heterocycles. The lowest BCUT2D eigenvalue weighted by atomic mass is 10.0. The number of hydrogen-bond donors (Lipinski definition) is 1. The van der Waals surface area contributed by atoms with Crippen molar-refractivity contribution in [3.8, 4) is 11.1 Å². The number of benzene rings is 3. The van der Waals surface area contributed by atoms with Crippen LogP contribution in [0.25, 0.3) is 33.1 Å². The van der Waals surface area contributed by atoms with E-state index in [2.05, 4.69) is 44.1 Å². The third-order valence-electron chi connectivity index (χ3n) is 5.63. The molecule has 2 heterocycles. The summed E-state index contributed by atoms with van der Waals surface area (Å²) in [4.78, 5) is 9.42. The summed E-state index contributed by atoms with van der Waals surface area (Å²) >= 11 is 0. The zero-order chi connectivity index (χ0) is 22.3. The summed E-state index contributed by atoms with van der Waals surface area (Å²) in [6.45, 7) is 0.380. The van der Waals surface area contributed by atoms with E-state index in [-0.39, 0.29) is 0 Å². The quantitative estimate of drug-likeness (QED) is 0.423. The number of nitrogens with one attached hydrogen (secondary N) is 1. The number of aryl methyl sites for hydroxylation is 1. The average molecular weight is 443 g/mol.